The normalized spacial score (nSPS) is 10.2. The molecule has 20 heavy (non-hydrogen) atoms. The van der Waals surface area contributed by atoms with Crippen molar-refractivity contribution in [3.05, 3.63) is 57.8 Å². The van der Waals surface area contributed by atoms with E-state index in [1.165, 1.54) is 18.2 Å². The predicted octanol–water partition coefficient (Wildman–Crippen LogP) is 4.29. The molecule has 104 valence electrons. The Labute approximate surface area is 129 Å². The smallest absolute Gasteiger partial charge is 0.243 e. The van der Waals surface area contributed by atoms with Gasteiger partial charge in [-0.3, -0.25) is 4.79 Å². The van der Waals surface area contributed by atoms with Gasteiger partial charge in [0.15, 0.2) is 0 Å². The molecule has 0 bridgehead atoms. The quantitative estimate of drug-likeness (QED) is 0.857. The van der Waals surface area contributed by atoms with E-state index in [9.17, 15) is 9.18 Å². The molecule has 0 spiro atoms. The summed E-state index contributed by atoms with van der Waals surface area (Å²) in [6.45, 7) is 0.0395. The standard InChI is InChI=1S/C14H11BrClFN2O/c15-9-2-1-3-11(6-9)19-14(20)8-18-13-5-4-10(17)7-12(13)16/h1-7,18H,8H2,(H,19,20). The lowest BCUT2D eigenvalue weighted by molar-refractivity contribution is -0.114. The Kier molecular flexibility index (Phi) is 4.98. The van der Waals surface area contributed by atoms with Crippen LogP contribution in [0.4, 0.5) is 15.8 Å². The lowest BCUT2D eigenvalue weighted by Crippen LogP contribution is -2.21. The first-order valence-electron chi connectivity index (χ1n) is 5.79. The first kappa shape index (κ1) is 14.8. The molecule has 2 aromatic carbocycles. The van der Waals surface area contributed by atoms with Gasteiger partial charge in [0.05, 0.1) is 17.3 Å². The van der Waals surface area contributed by atoms with E-state index in [-0.39, 0.29) is 17.5 Å². The van der Waals surface area contributed by atoms with Crippen molar-refractivity contribution in [1.29, 1.82) is 0 Å². The van der Waals surface area contributed by atoms with Crippen LogP contribution in [0.1, 0.15) is 0 Å². The minimum atomic E-state index is -0.417. The fourth-order valence-electron chi connectivity index (χ4n) is 1.58. The number of nitrogens with one attached hydrogen (secondary N) is 2. The minimum absolute atomic E-state index is 0.0395. The van der Waals surface area contributed by atoms with Crippen molar-refractivity contribution in [3.63, 3.8) is 0 Å². The van der Waals surface area contributed by atoms with E-state index >= 15 is 0 Å². The van der Waals surface area contributed by atoms with Crippen LogP contribution >= 0.6 is 27.5 Å². The summed E-state index contributed by atoms with van der Waals surface area (Å²) in [6, 6.07) is 11.2. The molecule has 0 unspecified atom stereocenters. The predicted molar refractivity (Wildman–Crippen MR) is 82.7 cm³/mol. The molecule has 2 N–H and O–H groups in total. The summed E-state index contributed by atoms with van der Waals surface area (Å²) in [4.78, 5) is 11.8. The van der Waals surface area contributed by atoms with Gasteiger partial charge in [-0.2, -0.15) is 0 Å². The fourth-order valence-corrected chi connectivity index (χ4v) is 2.21. The van der Waals surface area contributed by atoms with Crippen LogP contribution in [0.2, 0.25) is 5.02 Å². The number of benzene rings is 2. The molecule has 0 aliphatic rings. The summed E-state index contributed by atoms with van der Waals surface area (Å²) in [5.74, 6) is -0.636. The highest BCUT2D eigenvalue weighted by Gasteiger charge is 2.05. The molecule has 0 saturated carbocycles. The van der Waals surface area contributed by atoms with E-state index in [4.69, 9.17) is 11.6 Å². The Morgan fingerprint density at radius 2 is 2.05 bits per heavy atom. The van der Waals surface area contributed by atoms with Crippen molar-refractivity contribution in [3.8, 4) is 0 Å². The number of anilines is 2. The molecular weight excluding hydrogens is 347 g/mol. The topological polar surface area (TPSA) is 41.1 Å². The molecule has 0 radical (unpaired) electrons. The molecule has 6 heteroatoms. The maximum absolute atomic E-state index is 12.9. The third-order valence-electron chi connectivity index (χ3n) is 2.48. The van der Waals surface area contributed by atoms with Crippen LogP contribution in [0, 0.1) is 5.82 Å². The van der Waals surface area contributed by atoms with Crippen LogP contribution in [0.25, 0.3) is 0 Å². The average molecular weight is 358 g/mol. The number of amides is 1. The van der Waals surface area contributed by atoms with Gasteiger partial charge in [-0.15, -0.1) is 0 Å². The molecule has 2 aromatic rings. The van der Waals surface area contributed by atoms with E-state index in [0.29, 0.717) is 11.4 Å². The van der Waals surface area contributed by atoms with E-state index < -0.39 is 5.82 Å². The Hall–Kier alpha value is -1.59. The van der Waals surface area contributed by atoms with Crippen molar-refractivity contribution in [1.82, 2.24) is 0 Å². The molecule has 0 aliphatic carbocycles. The molecule has 2 rings (SSSR count). The Morgan fingerprint density at radius 3 is 2.75 bits per heavy atom. The van der Waals surface area contributed by atoms with Crippen molar-refractivity contribution in [2.75, 3.05) is 17.2 Å². The van der Waals surface area contributed by atoms with Crippen LogP contribution < -0.4 is 10.6 Å². The lowest BCUT2D eigenvalue weighted by atomic mass is 10.3. The summed E-state index contributed by atoms with van der Waals surface area (Å²) in [7, 11) is 0. The van der Waals surface area contributed by atoms with E-state index in [2.05, 4.69) is 26.6 Å². The Morgan fingerprint density at radius 1 is 1.25 bits per heavy atom. The summed E-state index contributed by atoms with van der Waals surface area (Å²) in [5, 5.41) is 5.82. The average Bonchev–Trinajstić information content (AvgIpc) is 2.37. The van der Waals surface area contributed by atoms with Crippen molar-refractivity contribution < 1.29 is 9.18 Å². The third-order valence-corrected chi connectivity index (χ3v) is 3.28. The van der Waals surface area contributed by atoms with Crippen LogP contribution in [-0.4, -0.2) is 12.5 Å². The SMILES string of the molecule is O=C(CNc1ccc(F)cc1Cl)Nc1cccc(Br)c1. The highest BCUT2D eigenvalue weighted by atomic mass is 79.9. The van der Waals surface area contributed by atoms with Gasteiger partial charge in [0, 0.05) is 10.2 Å². The molecule has 0 aromatic heterocycles. The van der Waals surface area contributed by atoms with Gasteiger partial charge in [0.1, 0.15) is 5.82 Å². The van der Waals surface area contributed by atoms with Crippen molar-refractivity contribution >= 4 is 44.8 Å². The number of carbonyl (C=O) groups is 1. The molecule has 0 saturated heterocycles. The van der Waals surface area contributed by atoms with Gasteiger partial charge in [0.25, 0.3) is 0 Å². The van der Waals surface area contributed by atoms with Crippen LogP contribution in [0.15, 0.2) is 46.9 Å². The number of hydrogen-bond donors (Lipinski definition) is 2. The third kappa shape index (κ3) is 4.21. The maximum atomic E-state index is 12.9. The van der Waals surface area contributed by atoms with Gasteiger partial charge in [-0.1, -0.05) is 33.6 Å². The Balaban J connectivity index is 1.92. The van der Waals surface area contributed by atoms with Crippen LogP contribution in [0.3, 0.4) is 0 Å². The summed E-state index contributed by atoms with van der Waals surface area (Å²) < 4.78 is 13.8. The van der Waals surface area contributed by atoms with Crippen LogP contribution in [-0.2, 0) is 4.79 Å². The second kappa shape index (κ2) is 6.72. The first-order valence-corrected chi connectivity index (χ1v) is 6.96. The van der Waals surface area contributed by atoms with E-state index in [1.807, 2.05) is 12.1 Å². The molecule has 1 amide bonds. The fraction of sp³-hybridized carbons (Fsp3) is 0.0714. The zero-order valence-electron chi connectivity index (χ0n) is 10.3. The summed E-state index contributed by atoms with van der Waals surface area (Å²) in [6.07, 6.45) is 0. The molecule has 0 atom stereocenters. The summed E-state index contributed by atoms with van der Waals surface area (Å²) in [5.41, 5.74) is 1.20. The van der Waals surface area contributed by atoms with E-state index in [0.717, 1.165) is 4.47 Å². The molecular formula is C14H11BrClFN2O. The zero-order valence-corrected chi connectivity index (χ0v) is 12.6. The highest BCUT2D eigenvalue weighted by molar-refractivity contribution is 9.10. The molecule has 3 nitrogen and oxygen atoms in total. The van der Waals surface area contributed by atoms with Crippen molar-refractivity contribution in [2.45, 2.75) is 0 Å². The van der Waals surface area contributed by atoms with Crippen LogP contribution in [0.5, 0.6) is 0 Å². The number of carbonyl (C=O) groups excluding carboxylic acids is 1. The molecule has 0 aliphatic heterocycles. The van der Waals surface area contributed by atoms with E-state index in [1.54, 1.807) is 12.1 Å². The largest absolute Gasteiger partial charge is 0.375 e. The summed E-state index contributed by atoms with van der Waals surface area (Å²) >= 11 is 9.18. The second-order valence-corrected chi connectivity index (χ2v) is 5.36. The minimum Gasteiger partial charge on any atom is -0.375 e. The van der Waals surface area contributed by atoms with Gasteiger partial charge in [-0.05, 0) is 36.4 Å². The highest BCUT2D eigenvalue weighted by Crippen LogP contribution is 2.22. The number of hydrogen-bond acceptors (Lipinski definition) is 2. The molecule has 0 heterocycles. The molecule has 0 fully saturated rings. The second-order valence-electron chi connectivity index (χ2n) is 4.04. The maximum Gasteiger partial charge on any atom is 0.243 e. The zero-order chi connectivity index (χ0) is 14.5. The number of halogens is 3. The monoisotopic (exact) mass is 356 g/mol. The van der Waals surface area contributed by atoms with Crippen molar-refractivity contribution in [2.24, 2.45) is 0 Å². The van der Waals surface area contributed by atoms with Gasteiger partial charge in [0.2, 0.25) is 5.91 Å². The number of rotatable bonds is 4. The van der Waals surface area contributed by atoms with Gasteiger partial charge >= 0.3 is 0 Å². The van der Waals surface area contributed by atoms with Gasteiger partial charge < -0.3 is 10.6 Å². The first-order chi connectivity index (χ1) is 9.54. The lowest BCUT2D eigenvalue weighted by Gasteiger charge is -2.09. The van der Waals surface area contributed by atoms with Gasteiger partial charge in [-0.25, -0.2) is 4.39 Å². The Bertz CT molecular complexity index is 636.